The van der Waals surface area contributed by atoms with Gasteiger partial charge in [-0.2, -0.15) is 0 Å². The number of nitrogens with zero attached hydrogens (tertiary/aromatic N) is 1. The molecule has 0 unspecified atom stereocenters. The maximum absolute atomic E-state index is 12.6. The van der Waals surface area contributed by atoms with Gasteiger partial charge in [-0.05, 0) is 36.8 Å². The van der Waals surface area contributed by atoms with Crippen LogP contribution in [-0.4, -0.2) is 50.0 Å². The number of methoxy groups -OCH3 is 1. The Morgan fingerprint density at radius 3 is 2.73 bits per heavy atom. The molecule has 0 aliphatic carbocycles. The molecule has 1 aromatic carbocycles. The maximum atomic E-state index is 12.6. The van der Waals surface area contributed by atoms with E-state index in [4.69, 9.17) is 15.2 Å². The van der Waals surface area contributed by atoms with Crippen LogP contribution in [0.25, 0.3) is 0 Å². The fourth-order valence-corrected chi connectivity index (χ4v) is 3.20. The van der Waals surface area contributed by atoms with Gasteiger partial charge in [0.1, 0.15) is 5.75 Å². The van der Waals surface area contributed by atoms with Crippen LogP contribution in [0, 0.1) is 0 Å². The van der Waals surface area contributed by atoms with E-state index in [1.807, 2.05) is 24.5 Å². The highest BCUT2D eigenvalue weighted by molar-refractivity contribution is 7.98. The second kappa shape index (κ2) is 7.35. The van der Waals surface area contributed by atoms with Gasteiger partial charge < -0.3 is 20.1 Å². The van der Waals surface area contributed by atoms with E-state index in [9.17, 15) is 4.79 Å². The lowest BCUT2D eigenvalue weighted by atomic mass is 9.89. The van der Waals surface area contributed by atoms with Crippen LogP contribution < -0.4 is 10.5 Å². The number of ether oxygens (including phenoxy) is 2. The zero-order chi connectivity index (χ0) is 16.2. The minimum Gasteiger partial charge on any atom is -0.496 e. The van der Waals surface area contributed by atoms with Crippen molar-refractivity contribution in [2.45, 2.75) is 29.8 Å². The van der Waals surface area contributed by atoms with Crippen molar-refractivity contribution in [3.63, 3.8) is 0 Å². The fourth-order valence-electron chi connectivity index (χ4n) is 2.65. The van der Waals surface area contributed by atoms with Crippen molar-refractivity contribution >= 4 is 17.7 Å². The highest BCUT2D eigenvalue weighted by Gasteiger charge is 2.37. The molecule has 0 radical (unpaired) electrons. The van der Waals surface area contributed by atoms with Crippen molar-refractivity contribution in [1.82, 2.24) is 4.90 Å². The van der Waals surface area contributed by atoms with Crippen LogP contribution in [0.2, 0.25) is 0 Å². The highest BCUT2D eigenvalue weighted by atomic mass is 32.2. The van der Waals surface area contributed by atoms with E-state index in [-0.39, 0.29) is 5.91 Å². The molecule has 6 heteroatoms. The molecule has 1 fully saturated rings. The summed E-state index contributed by atoms with van der Waals surface area (Å²) < 4.78 is 10.7. The zero-order valence-electron chi connectivity index (χ0n) is 13.4. The van der Waals surface area contributed by atoms with Crippen molar-refractivity contribution in [3.8, 4) is 5.75 Å². The first-order chi connectivity index (χ1) is 10.5. The predicted octanol–water partition coefficient (Wildman–Crippen LogP) is 1.88. The van der Waals surface area contributed by atoms with Crippen LogP contribution in [0.4, 0.5) is 0 Å². The number of carbonyl (C=O) groups excluding carboxylic acids is 1. The number of likely N-dealkylation sites (N-methyl/N-ethyl adjacent to an activating group) is 1. The Labute approximate surface area is 136 Å². The van der Waals surface area contributed by atoms with E-state index in [1.165, 1.54) is 0 Å². The molecule has 0 spiro atoms. The van der Waals surface area contributed by atoms with E-state index in [0.717, 1.165) is 16.2 Å². The van der Waals surface area contributed by atoms with Crippen molar-refractivity contribution in [2.24, 2.45) is 5.73 Å². The molecule has 0 atom stereocenters. The van der Waals surface area contributed by atoms with Gasteiger partial charge in [-0.1, -0.05) is 6.07 Å². The Morgan fingerprint density at radius 2 is 2.14 bits per heavy atom. The number of hydrogen-bond donors (Lipinski definition) is 1. The topological polar surface area (TPSA) is 64.8 Å². The van der Waals surface area contributed by atoms with E-state index < -0.39 is 5.54 Å². The average Bonchev–Trinajstić information content (AvgIpc) is 2.54. The third-order valence-corrected chi connectivity index (χ3v) is 4.80. The Hall–Kier alpha value is -1.24. The first kappa shape index (κ1) is 17.1. The number of rotatable bonds is 5. The molecule has 1 saturated heterocycles. The summed E-state index contributed by atoms with van der Waals surface area (Å²) in [6.07, 6.45) is 3.16. The Morgan fingerprint density at radius 1 is 1.45 bits per heavy atom. The second-order valence-corrected chi connectivity index (χ2v) is 6.47. The first-order valence-electron chi connectivity index (χ1n) is 7.33. The predicted molar refractivity (Wildman–Crippen MR) is 88.2 cm³/mol. The maximum Gasteiger partial charge on any atom is 0.242 e. The number of amides is 1. The van der Waals surface area contributed by atoms with Crippen molar-refractivity contribution < 1.29 is 14.3 Å². The number of nitrogens with two attached hydrogens (primary N) is 1. The largest absolute Gasteiger partial charge is 0.496 e. The normalized spacial score (nSPS) is 17.1. The first-order valence-corrected chi connectivity index (χ1v) is 8.56. The third kappa shape index (κ3) is 3.74. The summed E-state index contributed by atoms with van der Waals surface area (Å²) in [5, 5.41) is 0. The quantitative estimate of drug-likeness (QED) is 0.838. The van der Waals surface area contributed by atoms with Gasteiger partial charge in [0.15, 0.2) is 0 Å². The van der Waals surface area contributed by atoms with Crippen molar-refractivity contribution in [2.75, 3.05) is 33.6 Å². The summed E-state index contributed by atoms with van der Waals surface area (Å²) in [5.41, 5.74) is 6.49. The van der Waals surface area contributed by atoms with Crippen LogP contribution in [0.3, 0.4) is 0 Å². The Bertz CT molecular complexity index is 530. The molecule has 1 aromatic rings. The molecule has 1 heterocycles. The summed E-state index contributed by atoms with van der Waals surface area (Å²) in [4.78, 5) is 15.4. The van der Waals surface area contributed by atoms with E-state index in [0.29, 0.717) is 32.6 Å². The summed E-state index contributed by atoms with van der Waals surface area (Å²) in [6.45, 7) is 1.61. The summed E-state index contributed by atoms with van der Waals surface area (Å²) in [6, 6.07) is 6.01. The van der Waals surface area contributed by atoms with Gasteiger partial charge in [0.05, 0.1) is 12.6 Å². The third-order valence-electron chi connectivity index (χ3n) is 4.03. The minimum atomic E-state index is -0.795. The molecular weight excluding hydrogens is 300 g/mol. The SMILES string of the molecule is COc1cc(CN(C)C(=O)C2(N)CCOCC2)ccc1SC. The second-order valence-electron chi connectivity index (χ2n) is 5.62. The number of benzene rings is 1. The van der Waals surface area contributed by atoms with Crippen LogP contribution in [0.1, 0.15) is 18.4 Å². The Kier molecular flexibility index (Phi) is 5.72. The van der Waals surface area contributed by atoms with E-state index >= 15 is 0 Å². The molecule has 0 saturated carbocycles. The van der Waals surface area contributed by atoms with E-state index in [2.05, 4.69) is 0 Å². The molecule has 22 heavy (non-hydrogen) atoms. The Balaban J connectivity index is 2.07. The number of hydrogen-bond acceptors (Lipinski definition) is 5. The standard InChI is InChI=1S/C16H24N2O3S/c1-18(15(19)16(17)6-8-21-9-7-16)11-12-4-5-14(22-3)13(10-12)20-2/h4-5,10H,6-9,11,17H2,1-3H3. The molecule has 0 bridgehead atoms. The van der Waals surface area contributed by atoms with Gasteiger partial charge in [-0.25, -0.2) is 0 Å². The molecule has 1 aliphatic heterocycles. The van der Waals surface area contributed by atoms with Crippen molar-refractivity contribution in [1.29, 1.82) is 0 Å². The molecule has 2 N–H and O–H groups in total. The molecular formula is C16H24N2O3S. The molecule has 5 nitrogen and oxygen atoms in total. The summed E-state index contributed by atoms with van der Waals surface area (Å²) >= 11 is 1.64. The van der Waals surface area contributed by atoms with Gasteiger partial charge in [0.2, 0.25) is 5.91 Å². The molecule has 122 valence electrons. The van der Waals surface area contributed by atoms with Crippen molar-refractivity contribution in [3.05, 3.63) is 23.8 Å². The van der Waals surface area contributed by atoms with Gasteiger partial charge >= 0.3 is 0 Å². The zero-order valence-corrected chi connectivity index (χ0v) is 14.2. The van der Waals surface area contributed by atoms with Crippen LogP contribution >= 0.6 is 11.8 Å². The lowest BCUT2D eigenvalue weighted by molar-refractivity contribution is -0.139. The van der Waals surface area contributed by atoms with E-state index in [1.54, 1.807) is 30.8 Å². The van der Waals surface area contributed by atoms with Gasteiger partial charge in [0, 0.05) is 31.7 Å². The minimum absolute atomic E-state index is 0.0243. The smallest absolute Gasteiger partial charge is 0.242 e. The van der Waals surface area contributed by atoms with Gasteiger partial charge in [-0.15, -0.1) is 11.8 Å². The molecule has 1 amide bonds. The summed E-state index contributed by atoms with van der Waals surface area (Å²) in [5.74, 6) is 0.808. The lowest BCUT2D eigenvalue weighted by Gasteiger charge is -2.35. The van der Waals surface area contributed by atoms with Crippen LogP contribution in [0.15, 0.2) is 23.1 Å². The number of carbonyl (C=O) groups is 1. The summed E-state index contributed by atoms with van der Waals surface area (Å²) in [7, 11) is 3.45. The monoisotopic (exact) mass is 324 g/mol. The lowest BCUT2D eigenvalue weighted by Crippen LogP contribution is -2.57. The highest BCUT2D eigenvalue weighted by Crippen LogP contribution is 2.29. The van der Waals surface area contributed by atoms with Gasteiger partial charge in [-0.3, -0.25) is 4.79 Å². The van der Waals surface area contributed by atoms with Crippen LogP contribution in [0.5, 0.6) is 5.75 Å². The average molecular weight is 324 g/mol. The molecule has 0 aromatic heterocycles. The molecule has 1 aliphatic rings. The number of thioether (sulfide) groups is 1. The fraction of sp³-hybridized carbons (Fsp3) is 0.562. The van der Waals surface area contributed by atoms with Gasteiger partial charge in [0.25, 0.3) is 0 Å². The molecule has 2 rings (SSSR count). The van der Waals surface area contributed by atoms with Crippen LogP contribution in [-0.2, 0) is 16.1 Å².